The Morgan fingerprint density at radius 3 is 2.04 bits per heavy atom. The maximum Gasteiger partial charge on any atom is 0.269 e. The molecule has 0 atom stereocenters. The molecule has 2 N–H and O–H groups in total. The van der Waals surface area contributed by atoms with E-state index in [-0.39, 0.29) is 30.3 Å². The van der Waals surface area contributed by atoms with Crippen molar-refractivity contribution in [2.45, 2.75) is 32.6 Å². The Balaban J connectivity index is 1.73. The third kappa shape index (κ3) is 6.33. The number of rotatable bonds is 6. The van der Waals surface area contributed by atoms with Crippen molar-refractivity contribution >= 4 is 11.8 Å². The molecule has 6 heteroatoms. The summed E-state index contributed by atoms with van der Waals surface area (Å²) in [6.45, 7) is 6.53. The van der Waals surface area contributed by atoms with E-state index in [0.717, 1.165) is 11.3 Å². The van der Waals surface area contributed by atoms with E-state index in [1.165, 1.54) is 0 Å². The van der Waals surface area contributed by atoms with E-state index in [9.17, 15) is 9.59 Å². The van der Waals surface area contributed by atoms with E-state index in [4.69, 9.17) is 9.47 Å². The van der Waals surface area contributed by atoms with Crippen LogP contribution in [0.15, 0.2) is 48.5 Å². The summed E-state index contributed by atoms with van der Waals surface area (Å²) in [4.78, 5) is 23.9. The zero-order valence-corrected chi connectivity index (χ0v) is 16.2. The van der Waals surface area contributed by atoms with E-state index in [1.807, 2.05) is 12.1 Å². The molecule has 0 fully saturated rings. The molecule has 0 spiro atoms. The zero-order chi connectivity index (χ0) is 19.9. The first kappa shape index (κ1) is 20.3. The highest BCUT2D eigenvalue weighted by Crippen LogP contribution is 2.22. The van der Waals surface area contributed by atoms with Crippen molar-refractivity contribution in [1.82, 2.24) is 10.9 Å². The smallest absolute Gasteiger partial charge is 0.269 e. The van der Waals surface area contributed by atoms with Crippen LogP contribution in [0.5, 0.6) is 11.5 Å². The molecule has 0 radical (unpaired) electrons. The molecule has 0 aliphatic rings. The normalized spacial score (nSPS) is 10.8. The molecule has 0 aromatic heterocycles. The lowest BCUT2D eigenvalue weighted by atomic mass is 9.87. The summed E-state index contributed by atoms with van der Waals surface area (Å²) in [5.74, 6) is 0.688. The van der Waals surface area contributed by atoms with E-state index < -0.39 is 0 Å². The zero-order valence-electron chi connectivity index (χ0n) is 16.2. The van der Waals surface area contributed by atoms with Gasteiger partial charge in [0.25, 0.3) is 5.91 Å². The van der Waals surface area contributed by atoms with Crippen LogP contribution in [0.3, 0.4) is 0 Å². The molecule has 2 aromatic rings. The van der Waals surface area contributed by atoms with Crippen molar-refractivity contribution in [2.75, 3.05) is 13.7 Å². The van der Waals surface area contributed by atoms with E-state index >= 15 is 0 Å². The van der Waals surface area contributed by atoms with Gasteiger partial charge >= 0.3 is 0 Å². The van der Waals surface area contributed by atoms with Gasteiger partial charge in [-0.1, -0.05) is 32.9 Å². The number of carbonyl (C=O) groups is 2. The highest BCUT2D eigenvalue weighted by Gasteiger charge is 2.14. The van der Waals surface area contributed by atoms with Crippen molar-refractivity contribution in [3.63, 3.8) is 0 Å². The van der Waals surface area contributed by atoms with Crippen molar-refractivity contribution in [2.24, 2.45) is 0 Å². The Bertz CT molecular complexity index is 762. The number of ether oxygens (including phenoxy) is 2. The van der Waals surface area contributed by atoms with Crippen LogP contribution >= 0.6 is 0 Å². The average molecular weight is 370 g/mol. The van der Waals surface area contributed by atoms with Crippen molar-refractivity contribution < 1.29 is 19.1 Å². The summed E-state index contributed by atoms with van der Waals surface area (Å²) in [5.41, 5.74) is 6.44. The van der Waals surface area contributed by atoms with Gasteiger partial charge < -0.3 is 9.47 Å². The molecule has 0 aliphatic heterocycles. The molecular weight excluding hydrogens is 344 g/mol. The first-order valence-electron chi connectivity index (χ1n) is 8.76. The lowest BCUT2D eigenvalue weighted by Crippen LogP contribution is -2.42. The molecule has 0 heterocycles. The predicted octanol–water partition coefficient (Wildman–Crippen LogP) is 3.22. The molecule has 0 saturated heterocycles. The average Bonchev–Trinajstić information content (AvgIpc) is 2.66. The van der Waals surface area contributed by atoms with Gasteiger partial charge in [0, 0.05) is 5.56 Å². The van der Waals surface area contributed by atoms with Crippen LogP contribution in [0.25, 0.3) is 0 Å². The first-order chi connectivity index (χ1) is 12.8. The first-order valence-corrected chi connectivity index (χ1v) is 8.76. The van der Waals surface area contributed by atoms with Crippen LogP contribution in [0.2, 0.25) is 0 Å². The molecule has 2 aromatic carbocycles. The molecule has 0 unspecified atom stereocenters. The van der Waals surface area contributed by atoms with Gasteiger partial charge in [-0.2, -0.15) is 0 Å². The minimum Gasteiger partial charge on any atom is -0.497 e. The van der Waals surface area contributed by atoms with Crippen molar-refractivity contribution in [1.29, 1.82) is 0 Å². The number of hydrazine groups is 1. The maximum atomic E-state index is 12.1. The number of carbonyl (C=O) groups excluding carboxylic acids is 2. The molecular formula is C21H26N2O4. The Morgan fingerprint density at radius 1 is 0.889 bits per heavy atom. The largest absolute Gasteiger partial charge is 0.497 e. The Hall–Kier alpha value is -3.02. The van der Waals surface area contributed by atoms with Crippen LogP contribution < -0.4 is 20.3 Å². The molecule has 6 nitrogen and oxygen atoms in total. The fourth-order valence-corrected chi connectivity index (χ4v) is 2.32. The summed E-state index contributed by atoms with van der Waals surface area (Å²) >= 11 is 0. The molecule has 2 amide bonds. The SMILES string of the molecule is COc1ccc(OCCC(=O)NNC(=O)c2ccc(C(C)(C)C)cc2)cc1. The van der Waals surface area contributed by atoms with Gasteiger partial charge in [0.05, 0.1) is 20.1 Å². The second kappa shape index (κ2) is 9.07. The van der Waals surface area contributed by atoms with Gasteiger partial charge in [0.2, 0.25) is 5.91 Å². The maximum absolute atomic E-state index is 12.1. The third-order valence-corrected chi connectivity index (χ3v) is 3.99. The highest BCUT2D eigenvalue weighted by atomic mass is 16.5. The van der Waals surface area contributed by atoms with Gasteiger partial charge in [0.15, 0.2) is 0 Å². The molecule has 144 valence electrons. The van der Waals surface area contributed by atoms with Gasteiger partial charge in [-0.3, -0.25) is 20.4 Å². The molecule has 2 rings (SSSR count). The predicted molar refractivity (Wildman–Crippen MR) is 104 cm³/mol. The minimum atomic E-state index is -0.361. The lowest BCUT2D eigenvalue weighted by Gasteiger charge is -2.19. The van der Waals surface area contributed by atoms with Crippen molar-refractivity contribution in [3.05, 3.63) is 59.7 Å². The number of amides is 2. The third-order valence-electron chi connectivity index (χ3n) is 3.99. The van der Waals surface area contributed by atoms with Gasteiger partial charge in [0.1, 0.15) is 11.5 Å². The summed E-state index contributed by atoms with van der Waals surface area (Å²) < 4.78 is 10.5. The Morgan fingerprint density at radius 2 is 1.48 bits per heavy atom. The second-order valence-corrected chi connectivity index (χ2v) is 7.10. The van der Waals surface area contributed by atoms with E-state index in [2.05, 4.69) is 31.6 Å². The van der Waals surface area contributed by atoms with E-state index in [0.29, 0.717) is 11.3 Å². The molecule has 0 saturated carbocycles. The summed E-state index contributed by atoms with van der Waals surface area (Å²) in [7, 11) is 1.59. The second-order valence-electron chi connectivity index (χ2n) is 7.10. The van der Waals surface area contributed by atoms with Crippen LogP contribution in [-0.2, 0) is 10.2 Å². The molecule has 0 aliphatic carbocycles. The van der Waals surface area contributed by atoms with Gasteiger partial charge in [-0.25, -0.2) is 0 Å². The Labute approximate surface area is 159 Å². The Kier molecular flexibility index (Phi) is 6.82. The molecule has 0 bridgehead atoms. The summed E-state index contributed by atoms with van der Waals surface area (Å²) in [6, 6.07) is 14.4. The van der Waals surface area contributed by atoms with Gasteiger partial charge in [-0.15, -0.1) is 0 Å². The van der Waals surface area contributed by atoms with Crippen LogP contribution in [-0.4, -0.2) is 25.5 Å². The number of methoxy groups -OCH3 is 1. The van der Waals surface area contributed by atoms with Crippen LogP contribution in [0.4, 0.5) is 0 Å². The highest BCUT2D eigenvalue weighted by molar-refractivity contribution is 5.95. The lowest BCUT2D eigenvalue weighted by molar-refractivity contribution is -0.122. The fourth-order valence-electron chi connectivity index (χ4n) is 2.32. The quantitative estimate of drug-likeness (QED) is 0.766. The molecule has 27 heavy (non-hydrogen) atoms. The minimum absolute atomic E-state index is 0.0209. The van der Waals surface area contributed by atoms with Gasteiger partial charge in [-0.05, 0) is 47.4 Å². The number of nitrogens with one attached hydrogen (secondary N) is 2. The number of hydrogen-bond donors (Lipinski definition) is 2. The van der Waals surface area contributed by atoms with Crippen LogP contribution in [0, 0.1) is 0 Å². The topological polar surface area (TPSA) is 76.7 Å². The summed E-state index contributed by atoms with van der Waals surface area (Å²) in [5, 5.41) is 0. The number of benzene rings is 2. The fraction of sp³-hybridized carbons (Fsp3) is 0.333. The van der Waals surface area contributed by atoms with Crippen LogP contribution in [0.1, 0.15) is 43.1 Å². The monoisotopic (exact) mass is 370 g/mol. The summed E-state index contributed by atoms with van der Waals surface area (Å²) in [6.07, 6.45) is 0.120. The van der Waals surface area contributed by atoms with E-state index in [1.54, 1.807) is 43.5 Å². The van der Waals surface area contributed by atoms with Crippen molar-refractivity contribution in [3.8, 4) is 11.5 Å². The number of hydrogen-bond acceptors (Lipinski definition) is 4. The standard InChI is InChI=1S/C21H26N2O4/c1-21(2,3)16-7-5-15(6-8-16)20(25)23-22-19(24)13-14-27-18-11-9-17(26-4)10-12-18/h5-12H,13-14H2,1-4H3,(H,22,24)(H,23,25).